The molecule has 3 unspecified atom stereocenters. The second kappa shape index (κ2) is 6.75. The van der Waals surface area contributed by atoms with Gasteiger partial charge in [0.1, 0.15) is 11.7 Å². The van der Waals surface area contributed by atoms with Gasteiger partial charge >= 0.3 is 12.2 Å². The van der Waals surface area contributed by atoms with Crippen LogP contribution in [0.4, 0.5) is 23.7 Å². The van der Waals surface area contributed by atoms with E-state index in [-0.39, 0.29) is 16.2 Å². The number of carbonyl (C=O) groups is 2. The Bertz CT molecular complexity index is 890. The van der Waals surface area contributed by atoms with E-state index in [9.17, 15) is 22.8 Å². The number of nitrogens with zero attached hydrogens (tertiary/aromatic N) is 3. The van der Waals surface area contributed by atoms with Gasteiger partial charge in [-0.05, 0) is 24.1 Å². The van der Waals surface area contributed by atoms with Crippen molar-refractivity contribution in [1.82, 2.24) is 10.2 Å². The molecule has 3 aliphatic rings. The van der Waals surface area contributed by atoms with Crippen molar-refractivity contribution in [3.8, 4) is 0 Å². The number of hydrogen-bond donors (Lipinski definition) is 1. The van der Waals surface area contributed by atoms with Crippen LogP contribution in [0.1, 0.15) is 19.4 Å². The Morgan fingerprint density at radius 3 is 2.69 bits per heavy atom. The molecule has 0 aromatic heterocycles. The molecule has 0 radical (unpaired) electrons. The van der Waals surface area contributed by atoms with Crippen LogP contribution in [0, 0.1) is 5.92 Å². The van der Waals surface area contributed by atoms with E-state index < -0.39 is 29.7 Å². The lowest BCUT2D eigenvalue weighted by Gasteiger charge is -2.34. The number of piperazine rings is 1. The molecule has 156 valence electrons. The van der Waals surface area contributed by atoms with Gasteiger partial charge in [-0.3, -0.25) is 4.79 Å². The van der Waals surface area contributed by atoms with Crippen LogP contribution in [-0.4, -0.2) is 64.7 Å². The van der Waals surface area contributed by atoms with Gasteiger partial charge in [0, 0.05) is 6.54 Å². The molecule has 1 aromatic carbocycles. The van der Waals surface area contributed by atoms with Crippen LogP contribution in [0.25, 0.3) is 0 Å². The fourth-order valence-electron chi connectivity index (χ4n) is 4.52. The van der Waals surface area contributed by atoms with Crippen molar-refractivity contribution < 1.29 is 27.2 Å². The highest BCUT2D eigenvalue weighted by atomic mass is 32.1. The number of urea groups is 1. The first-order valence-corrected chi connectivity index (χ1v) is 9.90. The summed E-state index contributed by atoms with van der Waals surface area (Å²) >= 11 is 5.55. The van der Waals surface area contributed by atoms with Crippen molar-refractivity contribution in [3.05, 3.63) is 29.8 Å². The molecule has 0 aliphatic carbocycles. The lowest BCUT2D eigenvalue weighted by Crippen LogP contribution is -2.64. The van der Waals surface area contributed by atoms with E-state index in [4.69, 9.17) is 12.2 Å². The number of imide groups is 1. The minimum Gasteiger partial charge on any atom is -0.374 e. The molecule has 1 spiro atoms. The molecule has 10 heteroatoms. The number of fused-ring (bicyclic) bond motifs is 1. The molecule has 3 amide bonds. The van der Waals surface area contributed by atoms with Gasteiger partial charge in [0.05, 0.1) is 24.3 Å². The SMILES string of the molecule is CC(C)CNC(=S)C1C[N@]2CC3C(=O)N(c4cccc(C(F)(F)F)c4)C(=O)[N+]31C2. The molecule has 29 heavy (non-hydrogen) atoms. The van der Waals surface area contributed by atoms with E-state index in [0.29, 0.717) is 37.2 Å². The largest absolute Gasteiger partial charge is 0.433 e. The lowest BCUT2D eigenvalue weighted by molar-refractivity contribution is -0.851. The standard InChI is InChI=1S/C19H21F3N4O2S/c1-11(2)7-23-16(29)14-8-24-9-15-17(27)25(18(28)26(14,15)10-24)13-5-3-4-12(6-13)19(20,21)22/h3-6,11,14-15H,7-10H2,1-2H3/p+1. The van der Waals surface area contributed by atoms with Crippen LogP contribution in [0.5, 0.6) is 0 Å². The summed E-state index contributed by atoms with van der Waals surface area (Å²) in [4.78, 5) is 30.0. The minimum absolute atomic E-state index is 0.0463. The number of anilines is 1. The monoisotopic (exact) mass is 427 g/mol. The number of benzene rings is 1. The third-order valence-corrected chi connectivity index (χ3v) is 6.30. The van der Waals surface area contributed by atoms with Gasteiger partial charge in [-0.15, -0.1) is 0 Å². The fourth-order valence-corrected chi connectivity index (χ4v) is 4.87. The summed E-state index contributed by atoms with van der Waals surface area (Å²) in [6, 6.07) is 2.83. The maximum atomic E-state index is 13.5. The third-order valence-electron chi connectivity index (χ3n) is 5.88. The van der Waals surface area contributed by atoms with E-state index in [2.05, 4.69) is 5.32 Å². The highest BCUT2D eigenvalue weighted by Gasteiger charge is 2.72. The Balaban J connectivity index is 1.68. The van der Waals surface area contributed by atoms with Crippen LogP contribution in [0.15, 0.2) is 24.3 Å². The predicted molar refractivity (Wildman–Crippen MR) is 104 cm³/mol. The number of alkyl halides is 3. The number of thiocarbonyl (C=S) groups is 1. The van der Waals surface area contributed by atoms with Gasteiger partial charge in [0.25, 0.3) is 5.91 Å². The summed E-state index contributed by atoms with van der Waals surface area (Å²) in [5.74, 6) is -0.108. The zero-order valence-corrected chi connectivity index (χ0v) is 16.9. The smallest absolute Gasteiger partial charge is 0.374 e. The fraction of sp³-hybridized carbons (Fsp3) is 0.526. The topological polar surface area (TPSA) is 52.7 Å². The Labute approximate surface area is 171 Å². The number of hydrogen-bond acceptors (Lipinski definition) is 4. The Morgan fingerprint density at radius 2 is 2.03 bits per heavy atom. The van der Waals surface area contributed by atoms with E-state index in [1.54, 1.807) is 0 Å². The summed E-state index contributed by atoms with van der Waals surface area (Å²) in [7, 11) is 0. The van der Waals surface area contributed by atoms with Crippen molar-refractivity contribution in [2.75, 3.05) is 31.2 Å². The summed E-state index contributed by atoms with van der Waals surface area (Å²) in [5.41, 5.74) is -0.939. The van der Waals surface area contributed by atoms with Crippen LogP contribution < -0.4 is 10.2 Å². The van der Waals surface area contributed by atoms with Crippen molar-refractivity contribution in [2.45, 2.75) is 32.1 Å². The molecular weight excluding hydrogens is 405 g/mol. The van der Waals surface area contributed by atoms with Crippen molar-refractivity contribution in [3.63, 3.8) is 0 Å². The maximum absolute atomic E-state index is 13.5. The number of nitrogens with one attached hydrogen (secondary N) is 1. The Hall–Kier alpha value is -2.04. The molecule has 4 rings (SSSR count). The molecule has 1 aromatic rings. The first kappa shape index (κ1) is 20.2. The molecule has 0 saturated carbocycles. The number of rotatable bonds is 4. The quantitative estimate of drug-likeness (QED) is 0.455. The van der Waals surface area contributed by atoms with Crippen LogP contribution in [0.2, 0.25) is 0 Å². The van der Waals surface area contributed by atoms with Crippen molar-refractivity contribution in [2.24, 2.45) is 5.92 Å². The zero-order valence-electron chi connectivity index (χ0n) is 16.1. The number of amides is 3. The summed E-state index contributed by atoms with van der Waals surface area (Å²) in [5, 5.41) is 3.19. The summed E-state index contributed by atoms with van der Waals surface area (Å²) < 4.78 is 39.2. The van der Waals surface area contributed by atoms with E-state index in [1.165, 1.54) is 12.1 Å². The van der Waals surface area contributed by atoms with Gasteiger partial charge in [-0.2, -0.15) is 18.1 Å². The van der Waals surface area contributed by atoms with Crippen LogP contribution in [-0.2, 0) is 11.0 Å². The lowest BCUT2D eigenvalue weighted by atomic mass is 10.1. The molecule has 3 fully saturated rings. The van der Waals surface area contributed by atoms with Crippen molar-refractivity contribution in [1.29, 1.82) is 0 Å². The minimum atomic E-state index is -4.56. The first-order valence-electron chi connectivity index (χ1n) is 9.49. The van der Waals surface area contributed by atoms with E-state index in [0.717, 1.165) is 17.0 Å². The van der Waals surface area contributed by atoms with E-state index in [1.807, 2.05) is 18.7 Å². The van der Waals surface area contributed by atoms with Gasteiger partial charge < -0.3 is 5.32 Å². The van der Waals surface area contributed by atoms with Crippen molar-refractivity contribution >= 4 is 34.8 Å². The van der Waals surface area contributed by atoms with E-state index >= 15 is 0 Å². The maximum Gasteiger partial charge on any atom is 0.433 e. The van der Waals surface area contributed by atoms with Gasteiger partial charge in [0.2, 0.25) is 0 Å². The summed E-state index contributed by atoms with van der Waals surface area (Å²) in [6.45, 7) is 6.03. The molecule has 3 saturated heterocycles. The molecule has 4 atom stereocenters. The number of carbonyl (C=O) groups excluding carboxylic acids is 2. The molecule has 1 N–H and O–H groups in total. The highest BCUT2D eigenvalue weighted by molar-refractivity contribution is 7.80. The predicted octanol–water partition coefficient (Wildman–Crippen LogP) is 2.59. The molecule has 3 aliphatic heterocycles. The van der Waals surface area contributed by atoms with Gasteiger partial charge in [-0.1, -0.05) is 32.1 Å². The van der Waals surface area contributed by atoms with Crippen LogP contribution >= 0.6 is 12.2 Å². The zero-order chi connectivity index (χ0) is 21.1. The number of quaternary nitrogens is 1. The number of halogens is 3. The second-order valence-electron chi connectivity index (χ2n) is 8.28. The van der Waals surface area contributed by atoms with Gasteiger partial charge in [-0.25, -0.2) is 14.2 Å². The molecule has 3 heterocycles. The molecule has 2 bridgehead atoms. The average molecular weight is 427 g/mol. The van der Waals surface area contributed by atoms with Crippen LogP contribution in [0.3, 0.4) is 0 Å². The van der Waals surface area contributed by atoms with Gasteiger partial charge in [0.15, 0.2) is 12.1 Å². The highest BCUT2D eigenvalue weighted by Crippen LogP contribution is 2.44. The summed E-state index contributed by atoms with van der Waals surface area (Å²) in [6.07, 6.45) is -4.56. The first-order chi connectivity index (χ1) is 13.6. The second-order valence-corrected chi connectivity index (χ2v) is 8.72. The normalized spacial score (nSPS) is 31.0. The molecular formula is C19H22F3N4O2S+. The average Bonchev–Trinajstić information content (AvgIpc) is 3.28. The third kappa shape index (κ3) is 3.04. The Morgan fingerprint density at radius 1 is 1.31 bits per heavy atom. The molecule has 6 nitrogen and oxygen atoms in total. The Kier molecular flexibility index (Phi) is 4.71.